The first kappa shape index (κ1) is 14.3. The number of hydrogen-bond donors (Lipinski definition) is 1. The van der Waals surface area contributed by atoms with Gasteiger partial charge in [0.25, 0.3) is 0 Å². The number of alkyl halides is 1. The topological polar surface area (TPSA) is 25.2 Å². The highest BCUT2D eigenvalue weighted by atomic mass is 79.9. The van der Waals surface area contributed by atoms with E-state index >= 15 is 0 Å². The molecule has 1 aromatic heterocycles. The summed E-state index contributed by atoms with van der Waals surface area (Å²) < 4.78 is 2.15. The number of rotatable bonds is 2. The molecule has 0 radical (unpaired) electrons. The maximum absolute atomic E-state index is 10.8. The van der Waals surface area contributed by atoms with Crippen molar-refractivity contribution in [2.24, 2.45) is 0 Å². The predicted molar refractivity (Wildman–Crippen MR) is 99.8 cm³/mol. The summed E-state index contributed by atoms with van der Waals surface area (Å²) >= 11 is 3.47. The summed E-state index contributed by atoms with van der Waals surface area (Å²) in [5.74, 6) is 0.332. The lowest BCUT2D eigenvalue weighted by molar-refractivity contribution is 0.468. The van der Waals surface area contributed by atoms with Gasteiger partial charge in [-0.05, 0) is 30.7 Å². The first-order valence-electron chi connectivity index (χ1n) is 7.57. The van der Waals surface area contributed by atoms with Crippen molar-refractivity contribution in [2.75, 3.05) is 0 Å². The van der Waals surface area contributed by atoms with Crippen LogP contribution in [0.15, 0.2) is 60.7 Å². The van der Waals surface area contributed by atoms with Gasteiger partial charge in [0, 0.05) is 21.7 Å². The Morgan fingerprint density at radius 3 is 2.04 bits per heavy atom. The number of phenols is 1. The number of halogens is 1. The number of aromatic nitrogens is 1. The zero-order valence-corrected chi connectivity index (χ0v) is 14.3. The van der Waals surface area contributed by atoms with Crippen LogP contribution in [0.2, 0.25) is 0 Å². The summed E-state index contributed by atoms with van der Waals surface area (Å²) in [4.78, 5) is 0. The molecular weight excluding hydrogens is 350 g/mol. The molecule has 0 spiro atoms. The van der Waals surface area contributed by atoms with E-state index in [1.807, 2.05) is 24.3 Å². The lowest BCUT2D eigenvalue weighted by atomic mass is 10.1. The Morgan fingerprint density at radius 2 is 1.48 bits per heavy atom. The van der Waals surface area contributed by atoms with E-state index in [4.69, 9.17) is 0 Å². The number of phenolic OH excluding ortho intramolecular Hbond substituents is 1. The first-order chi connectivity index (χ1) is 11.2. The fraction of sp³-hybridized carbons (Fsp3) is 0.100. The van der Waals surface area contributed by atoms with Gasteiger partial charge in [-0.2, -0.15) is 0 Å². The summed E-state index contributed by atoms with van der Waals surface area (Å²) in [7, 11) is 0. The molecule has 4 aromatic rings. The van der Waals surface area contributed by atoms with E-state index in [0.29, 0.717) is 11.1 Å². The summed E-state index contributed by atoms with van der Waals surface area (Å²) in [6, 6.07) is 20.7. The molecule has 0 aliphatic rings. The van der Waals surface area contributed by atoms with E-state index in [1.54, 1.807) is 0 Å². The van der Waals surface area contributed by atoms with Crippen molar-refractivity contribution < 1.29 is 5.11 Å². The Bertz CT molecular complexity index is 979. The Labute approximate surface area is 143 Å². The molecule has 3 aromatic carbocycles. The zero-order valence-electron chi connectivity index (χ0n) is 12.8. The van der Waals surface area contributed by atoms with Gasteiger partial charge in [0.05, 0.1) is 16.7 Å². The third kappa shape index (κ3) is 2.15. The normalized spacial score (nSPS) is 11.4. The molecule has 1 heterocycles. The zero-order chi connectivity index (χ0) is 16.0. The smallest absolute Gasteiger partial charge is 0.143 e. The monoisotopic (exact) mass is 365 g/mol. The number of aromatic hydroxyl groups is 1. The molecule has 0 amide bonds. The molecule has 0 bridgehead atoms. The van der Waals surface area contributed by atoms with Gasteiger partial charge in [-0.25, -0.2) is 0 Å². The second kappa shape index (κ2) is 5.43. The van der Waals surface area contributed by atoms with Gasteiger partial charge in [0.2, 0.25) is 0 Å². The highest BCUT2D eigenvalue weighted by Crippen LogP contribution is 2.37. The third-order valence-electron chi connectivity index (χ3n) is 4.28. The molecule has 0 fully saturated rings. The fourth-order valence-corrected chi connectivity index (χ4v) is 3.72. The van der Waals surface area contributed by atoms with E-state index in [1.165, 1.54) is 10.8 Å². The molecular formula is C20H16BrNO. The van der Waals surface area contributed by atoms with Crippen LogP contribution in [0, 0.1) is 6.92 Å². The minimum absolute atomic E-state index is 0.332. The van der Waals surface area contributed by atoms with Crippen molar-refractivity contribution in [3.05, 3.63) is 71.8 Å². The van der Waals surface area contributed by atoms with Crippen LogP contribution in [0.4, 0.5) is 0 Å². The van der Waals surface area contributed by atoms with Crippen molar-refractivity contribution in [3.63, 3.8) is 0 Å². The number of benzene rings is 3. The highest BCUT2D eigenvalue weighted by Gasteiger charge is 2.16. The molecule has 3 heteroatoms. The predicted octanol–water partition coefficient (Wildman–Crippen LogP) is 5.69. The minimum Gasteiger partial charge on any atom is -0.505 e. The van der Waals surface area contributed by atoms with Gasteiger partial charge in [0.1, 0.15) is 5.75 Å². The SMILES string of the molecule is Cc1cc(CBr)c(O)c(-n2c3ccccc3c3ccccc32)c1. The molecule has 0 saturated heterocycles. The van der Waals surface area contributed by atoms with Gasteiger partial charge in [-0.1, -0.05) is 58.4 Å². The second-order valence-corrected chi connectivity index (χ2v) is 6.36. The highest BCUT2D eigenvalue weighted by molar-refractivity contribution is 9.08. The largest absolute Gasteiger partial charge is 0.505 e. The molecule has 114 valence electrons. The standard InChI is InChI=1S/C20H16BrNO/c1-13-10-14(12-21)20(23)19(11-13)22-17-8-4-2-6-15(17)16-7-3-5-9-18(16)22/h2-11,23H,12H2,1H3. The summed E-state index contributed by atoms with van der Waals surface area (Å²) in [5.41, 5.74) is 5.08. The van der Waals surface area contributed by atoms with E-state index in [9.17, 15) is 5.11 Å². The molecule has 1 N–H and O–H groups in total. The van der Waals surface area contributed by atoms with Crippen LogP contribution < -0.4 is 0 Å². The van der Waals surface area contributed by atoms with Gasteiger partial charge in [0.15, 0.2) is 0 Å². The minimum atomic E-state index is 0.332. The lowest BCUT2D eigenvalue weighted by Crippen LogP contribution is -1.97. The Hall–Kier alpha value is -2.26. The van der Waals surface area contributed by atoms with E-state index in [0.717, 1.165) is 27.8 Å². The van der Waals surface area contributed by atoms with Crippen LogP contribution in [0.25, 0.3) is 27.5 Å². The number of hydrogen-bond acceptors (Lipinski definition) is 1. The Morgan fingerprint density at radius 1 is 0.913 bits per heavy atom. The van der Waals surface area contributed by atoms with E-state index in [2.05, 4.69) is 63.8 Å². The van der Waals surface area contributed by atoms with Gasteiger partial charge < -0.3 is 9.67 Å². The second-order valence-electron chi connectivity index (χ2n) is 5.80. The molecule has 0 unspecified atom stereocenters. The summed E-state index contributed by atoms with van der Waals surface area (Å²) in [6.07, 6.45) is 0. The third-order valence-corrected chi connectivity index (χ3v) is 4.88. The molecule has 23 heavy (non-hydrogen) atoms. The number of aryl methyl sites for hydroxylation is 1. The van der Waals surface area contributed by atoms with Gasteiger partial charge >= 0.3 is 0 Å². The molecule has 0 saturated carbocycles. The average Bonchev–Trinajstić information content (AvgIpc) is 2.91. The maximum Gasteiger partial charge on any atom is 0.143 e. The Kier molecular flexibility index (Phi) is 3.38. The van der Waals surface area contributed by atoms with Crippen LogP contribution in [-0.4, -0.2) is 9.67 Å². The van der Waals surface area contributed by atoms with Crippen molar-refractivity contribution in [1.29, 1.82) is 0 Å². The average molecular weight is 366 g/mol. The van der Waals surface area contributed by atoms with Crippen molar-refractivity contribution in [3.8, 4) is 11.4 Å². The molecule has 0 atom stereocenters. The molecule has 0 aliphatic heterocycles. The van der Waals surface area contributed by atoms with Crippen LogP contribution in [0.3, 0.4) is 0 Å². The number of para-hydroxylation sites is 2. The quantitative estimate of drug-likeness (QED) is 0.453. The molecule has 2 nitrogen and oxygen atoms in total. The number of nitrogens with zero attached hydrogens (tertiary/aromatic N) is 1. The maximum atomic E-state index is 10.8. The summed E-state index contributed by atoms with van der Waals surface area (Å²) in [6.45, 7) is 2.06. The van der Waals surface area contributed by atoms with Crippen molar-refractivity contribution in [2.45, 2.75) is 12.3 Å². The molecule has 0 aliphatic carbocycles. The van der Waals surface area contributed by atoms with E-state index < -0.39 is 0 Å². The van der Waals surface area contributed by atoms with Crippen LogP contribution in [0.1, 0.15) is 11.1 Å². The Balaban J connectivity index is 2.19. The van der Waals surface area contributed by atoms with Crippen molar-refractivity contribution in [1.82, 2.24) is 4.57 Å². The van der Waals surface area contributed by atoms with Gasteiger partial charge in [-0.15, -0.1) is 0 Å². The van der Waals surface area contributed by atoms with Gasteiger partial charge in [-0.3, -0.25) is 0 Å². The lowest BCUT2D eigenvalue weighted by Gasteiger charge is -2.13. The van der Waals surface area contributed by atoms with E-state index in [-0.39, 0.29) is 0 Å². The first-order valence-corrected chi connectivity index (χ1v) is 8.70. The number of fused-ring (bicyclic) bond motifs is 3. The fourth-order valence-electron chi connectivity index (χ4n) is 3.29. The van der Waals surface area contributed by atoms with Crippen LogP contribution in [0.5, 0.6) is 5.75 Å². The van der Waals surface area contributed by atoms with Crippen LogP contribution in [-0.2, 0) is 5.33 Å². The van der Waals surface area contributed by atoms with Crippen molar-refractivity contribution >= 4 is 37.7 Å². The van der Waals surface area contributed by atoms with Crippen LogP contribution >= 0.6 is 15.9 Å². The summed E-state index contributed by atoms with van der Waals surface area (Å²) in [5, 5.41) is 13.8. The molecule has 4 rings (SSSR count).